The van der Waals surface area contributed by atoms with Crippen LogP contribution in [0.2, 0.25) is 15.1 Å². The molecule has 0 aliphatic carbocycles. The number of nitrogens with zero attached hydrogens (tertiary/aromatic N) is 2. The summed E-state index contributed by atoms with van der Waals surface area (Å²) >= 11 is 18.6. The van der Waals surface area contributed by atoms with Crippen LogP contribution in [-0.2, 0) is 26.2 Å². The Hall–Kier alpha value is -2.00. The third-order valence-electron chi connectivity index (χ3n) is 5.01. The van der Waals surface area contributed by atoms with E-state index in [1.165, 1.54) is 23.1 Å². The molecule has 34 heavy (non-hydrogen) atoms. The standard InChI is InChI=1S/C23H28Cl3N3O4S/c1-15(2)12-27-23(31)16(3)28(13-17-7-5-6-8-19(17)25)22(30)14-29(34(4,32)33)21-11-18(24)9-10-20(21)26/h5-11,15-16H,12-14H2,1-4H3,(H,27,31)/t16-/m1/s1. The largest absolute Gasteiger partial charge is 0.354 e. The summed E-state index contributed by atoms with van der Waals surface area (Å²) in [4.78, 5) is 27.6. The minimum atomic E-state index is -3.92. The molecule has 11 heteroatoms. The molecule has 2 amide bonds. The average Bonchev–Trinajstić information content (AvgIpc) is 2.75. The van der Waals surface area contributed by atoms with Crippen molar-refractivity contribution in [2.75, 3.05) is 23.7 Å². The molecular formula is C23H28Cl3N3O4S. The maximum atomic E-state index is 13.5. The van der Waals surface area contributed by atoms with Gasteiger partial charge in [-0.05, 0) is 42.7 Å². The highest BCUT2D eigenvalue weighted by Gasteiger charge is 2.31. The first-order chi connectivity index (χ1) is 15.8. The van der Waals surface area contributed by atoms with Gasteiger partial charge in [0.05, 0.1) is 17.0 Å². The van der Waals surface area contributed by atoms with E-state index in [4.69, 9.17) is 34.8 Å². The minimum absolute atomic E-state index is 0.00958. The van der Waals surface area contributed by atoms with Crippen molar-refractivity contribution < 1.29 is 18.0 Å². The second-order valence-corrected chi connectivity index (χ2v) is 11.5. The van der Waals surface area contributed by atoms with Crippen molar-refractivity contribution in [2.24, 2.45) is 5.92 Å². The fourth-order valence-electron chi connectivity index (χ4n) is 3.12. The average molecular weight is 549 g/mol. The molecule has 0 radical (unpaired) electrons. The van der Waals surface area contributed by atoms with Gasteiger partial charge >= 0.3 is 0 Å². The van der Waals surface area contributed by atoms with Crippen LogP contribution in [0.5, 0.6) is 0 Å². The lowest BCUT2D eigenvalue weighted by atomic mass is 10.1. The lowest BCUT2D eigenvalue weighted by Gasteiger charge is -2.32. The number of hydrogen-bond donors (Lipinski definition) is 1. The maximum Gasteiger partial charge on any atom is 0.244 e. The van der Waals surface area contributed by atoms with E-state index in [2.05, 4.69) is 5.32 Å². The van der Waals surface area contributed by atoms with Crippen LogP contribution in [0.15, 0.2) is 42.5 Å². The molecule has 0 aromatic heterocycles. The summed E-state index contributed by atoms with van der Waals surface area (Å²) in [5.41, 5.74) is 0.687. The van der Waals surface area contributed by atoms with Crippen molar-refractivity contribution in [3.05, 3.63) is 63.1 Å². The van der Waals surface area contributed by atoms with Gasteiger partial charge in [0.25, 0.3) is 0 Å². The van der Waals surface area contributed by atoms with Crippen LogP contribution in [-0.4, -0.2) is 50.5 Å². The van der Waals surface area contributed by atoms with Crippen molar-refractivity contribution in [3.8, 4) is 0 Å². The van der Waals surface area contributed by atoms with Crippen molar-refractivity contribution in [3.63, 3.8) is 0 Å². The molecule has 2 rings (SSSR count). The highest BCUT2D eigenvalue weighted by atomic mass is 35.5. The van der Waals surface area contributed by atoms with Crippen LogP contribution in [0.4, 0.5) is 5.69 Å². The van der Waals surface area contributed by atoms with Gasteiger partial charge in [-0.25, -0.2) is 8.42 Å². The van der Waals surface area contributed by atoms with E-state index in [0.717, 1.165) is 10.6 Å². The molecule has 2 aromatic rings. The van der Waals surface area contributed by atoms with Crippen LogP contribution >= 0.6 is 34.8 Å². The summed E-state index contributed by atoms with van der Waals surface area (Å²) in [6.07, 6.45) is 0.967. The van der Waals surface area contributed by atoms with Gasteiger partial charge in [0, 0.05) is 23.1 Å². The molecule has 0 spiro atoms. The Balaban J connectivity index is 2.43. The number of hydrogen-bond acceptors (Lipinski definition) is 4. The van der Waals surface area contributed by atoms with Gasteiger partial charge in [0.15, 0.2) is 0 Å². The Kier molecular flexibility index (Phi) is 10.1. The summed E-state index contributed by atoms with van der Waals surface area (Å²) in [5, 5.41) is 3.61. The quantitative estimate of drug-likeness (QED) is 0.470. The Morgan fingerprint density at radius 2 is 1.65 bits per heavy atom. The Morgan fingerprint density at radius 3 is 2.24 bits per heavy atom. The number of benzene rings is 2. The zero-order valence-electron chi connectivity index (χ0n) is 19.4. The first-order valence-electron chi connectivity index (χ1n) is 10.5. The van der Waals surface area contributed by atoms with E-state index >= 15 is 0 Å². The molecular weight excluding hydrogens is 521 g/mol. The second kappa shape index (κ2) is 12.1. The molecule has 7 nitrogen and oxygen atoms in total. The van der Waals surface area contributed by atoms with E-state index in [1.54, 1.807) is 31.2 Å². The fourth-order valence-corrected chi connectivity index (χ4v) is 4.60. The zero-order valence-corrected chi connectivity index (χ0v) is 22.5. The van der Waals surface area contributed by atoms with Crippen LogP contribution in [0, 0.1) is 5.92 Å². The third-order valence-corrected chi connectivity index (χ3v) is 7.06. The molecule has 0 bridgehead atoms. The van der Waals surface area contributed by atoms with E-state index in [-0.39, 0.29) is 34.1 Å². The number of halogens is 3. The fraction of sp³-hybridized carbons (Fsp3) is 0.391. The van der Waals surface area contributed by atoms with Gasteiger partial charge in [0.1, 0.15) is 12.6 Å². The summed E-state index contributed by atoms with van der Waals surface area (Å²) in [6, 6.07) is 10.4. The molecule has 0 unspecified atom stereocenters. The molecule has 0 fully saturated rings. The molecule has 0 saturated heterocycles. The Labute approximate surface area is 216 Å². The van der Waals surface area contributed by atoms with E-state index < -0.39 is 28.5 Å². The number of sulfonamides is 1. The molecule has 0 heterocycles. The van der Waals surface area contributed by atoms with Gasteiger partial charge < -0.3 is 10.2 Å². The molecule has 0 aliphatic heterocycles. The van der Waals surface area contributed by atoms with Crippen molar-refractivity contribution in [1.29, 1.82) is 0 Å². The van der Waals surface area contributed by atoms with Gasteiger partial charge in [-0.2, -0.15) is 0 Å². The predicted molar refractivity (Wildman–Crippen MR) is 138 cm³/mol. The lowest BCUT2D eigenvalue weighted by Crippen LogP contribution is -2.51. The predicted octanol–water partition coefficient (Wildman–Crippen LogP) is 4.60. The molecule has 1 atom stereocenters. The normalized spacial score (nSPS) is 12.4. The maximum absolute atomic E-state index is 13.5. The Morgan fingerprint density at radius 1 is 1.00 bits per heavy atom. The molecule has 186 valence electrons. The summed E-state index contributed by atoms with van der Waals surface area (Å²) in [6.45, 7) is 5.36. The Bertz CT molecular complexity index is 1140. The van der Waals surface area contributed by atoms with Crippen LogP contribution in [0.25, 0.3) is 0 Å². The van der Waals surface area contributed by atoms with Gasteiger partial charge in [-0.1, -0.05) is 66.8 Å². The zero-order chi connectivity index (χ0) is 25.6. The number of anilines is 1. The topological polar surface area (TPSA) is 86.8 Å². The third kappa shape index (κ3) is 7.77. The summed E-state index contributed by atoms with van der Waals surface area (Å²) < 4.78 is 26.1. The minimum Gasteiger partial charge on any atom is -0.354 e. The van der Waals surface area contributed by atoms with E-state index in [0.29, 0.717) is 17.1 Å². The van der Waals surface area contributed by atoms with Gasteiger partial charge in [-0.15, -0.1) is 0 Å². The highest BCUT2D eigenvalue weighted by Crippen LogP contribution is 2.31. The van der Waals surface area contributed by atoms with Gasteiger partial charge in [0.2, 0.25) is 21.8 Å². The van der Waals surface area contributed by atoms with Gasteiger partial charge in [-0.3, -0.25) is 13.9 Å². The number of carbonyl (C=O) groups is 2. The van der Waals surface area contributed by atoms with E-state index in [1.807, 2.05) is 13.8 Å². The monoisotopic (exact) mass is 547 g/mol. The first-order valence-corrected chi connectivity index (χ1v) is 13.5. The molecule has 2 aromatic carbocycles. The summed E-state index contributed by atoms with van der Waals surface area (Å²) in [7, 11) is -3.92. The van der Waals surface area contributed by atoms with Crippen molar-refractivity contribution in [2.45, 2.75) is 33.4 Å². The van der Waals surface area contributed by atoms with Crippen LogP contribution in [0.1, 0.15) is 26.3 Å². The molecule has 0 saturated carbocycles. The smallest absolute Gasteiger partial charge is 0.244 e. The first kappa shape index (κ1) is 28.2. The van der Waals surface area contributed by atoms with Crippen LogP contribution in [0.3, 0.4) is 0 Å². The molecule has 0 aliphatic rings. The number of nitrogens with one attached hydrogen (secondary N) is 1. The second-order valence-electron chi connectivity index (χ2n) is 8.29. The van der Waals surface area contributed by atoms with Crippen LogP contribution < -0.4 is 9.62 Å². The number of rotatable bonds is 10. The highest BCUT2D eigenvalue weighted by molar-refractivity contribution is 7.92. The summed E-state index contributed by atoms with van der Waals surface area (Å²) in [5.74, 6) is -0.746. The van der Waals surface area contributed by atoms with E-state index in [9.17, 15) is 18.0 Å². The SMILES string of the molecule is CC(C)CNC(=O)[C@@H](C)N(Cc1ccccc1Cl)C(=O)CN(c1cc(Cl)ccc1Cl)S(C)(=O)=O. The van der Waals surface area contributed by atoms with Crippen molar-refractivity contribution >= 4 is 62.3 Å². The lowest BCUT2D eigenvalue weighted by molar-refractivity contribution is -0.139. The van der Waals surface area contributed by atoms with Crippen molar-refractivity contribution in [1.82, 2.24) is 10.2 Å². The number of amides is 2. The molecule has 1 N–H and O–H groups in total. The number of carbonyl (C=O) groups excluding carboxylic acids is 2.